The Hall–Kier alpha value is -1.87. The topological polar surface area (TPSA) is 50.8 Å². The Bertz CT molecular complexity index is 661. The lowest BCUT2D eigenvalue weighted by Crippen LogP contribution is -1.99. The number of aryl methyl sites for hydroxylation is 2. The van der Waals surface area contributed by atoms with E-state index in [1.165, 1.54) is 12.1 Å². The van der Waals surface area contributed by atoms with Crippen molar-refractivity contribution in [1.82, 2.24) is 9.78 Å². The van der Waals surface area contributed by atoms with Gasteiger partial charge in [-0.05, 0) is 19.1 Å². The molecule has 0 bridgehead atoms. The Morgan fingerprint density at radius 3 is 2.89 bits per heavy atom. The van der Waals surface area contributed by atoms with Crippen molar-refractivity contribution in [3.63, 3.8) is 0 Å². The second-order valence-electron chi connectivity index (χ2n) is 3.95. The number of hydrogen-bond acceptors (Lipinski definition) is 3. The van der Waals surface area contributed by atoms with Gasteiger partial charge in [-0.1, -0.05) is 22.0 Å². The second-order valence-corrected chi connectivity index (χ2v) is 4.51. The highest BCUT2D eigenvalue weighted by molar-refractivity contribution is 9.08. The summed E-state index contributed by atoms with van der Waals surface area (Å²) in [5.41, 5.74) is 1.59. The van der Waals surface area contributed by atoms with Gasteiger partial charge in [0.25, 0.3) is 0 Å². The van der Waals surface area contributed by atoms with Gasteiger partial charge in [0.05, 0.1) is 5.69 Å². The van der Waals surface area contributed by atoms with Crippen LogP contribution in [-0.4, -0.2) is 9.78 Å². The molecule has 1 aromatic carbocycles. The normalized spacial score (nSPS) is 10.3. The quantitative estimate of drug-likeness (QED) is 0.813. The number of benzene rings is 1. The molecule has 19 heavy (non-hydrogen) atoms. The molecule has 4 nitrogen and oxygen atoms in total. The highest BCUT2D eigenvalue weighted by Crippen LogP contribution is 2.31. The van der Waals surface area contributed by atoms with Gasteiger partial charge in [0.1, 0.15) is 23.2 Å². The van der Waals surface area contributed by atoms with Gasteiger partial charge in [0.2, 0.25) is 5.88 Å². The van der Waals surface area contributed by atoms with Crippen molar-refractivity contribution < 1.29 is 9.13 Å². The van der Waals surface area contributed by atoms with Crippen LogP contribution in [0.3, 0.4) is 0 Å². The number of nitrogens with zero attached hydrogens (tertiary/aromatic N) is 3. The molecular weight excluding hydrogens is 313 g/mol. The maximum atomic E-state index is 13.5. The molecule has 6 heteroatoms. The van der Waals surface area contributed by atoms with Gasteiger partial charge in [-0.2, -0.15) is 10.4 Å². The molecule has 1 aromatic heterocycles. The summed E-state index contributed by atoms with van der Waals surface area (Å²) in [5.74, 6) is 0.0865. The molecule has 0 saturated heterocycles. The molecule has 0 aliphatic rings. The zero-order valence-corrected chi connectivity index (χ0v) is 12.0. The Morgan fingerprint density at radius 2 is 2.26 bits per heavy atom. The third-order valence-corrected chi connectivity index (χ3v) is 3.28. The number of rotatable bonds is 3. The average Bonchev–Trinajstić information content (AvgIpc) is 2.64. The predicted octanol–water partition coefficient (Wildman–Crippen LogP) is 3.43. The number of nitriles is 1. The van der Waals surface area contributed by atoms with E-state index in [0.29, 0.717) is 11.2 Å². The molecule has 0 atom stereocenters. The van der Waals surface area contributed by atoms with Crippen LogP contribution in [0.25, 0.3) is 0 Å². The van der Waals surface area contributed by atoms with Gasteiger partial charge < -0.3 is 4.74 Å². The zero-order chi connectivity index (χ0) is 14.0. The molecule has 0 N–H and O–H groups in total. The molecule has 2 aromatic rings. The average molecular weight is 324 g/mol. The van der Waals surface area contributed by atoms with Crippen LogP contribution in [0.2, 0.25) is 0 Å². The first-order valence-corrected chi connectivity index (χ1v) is 6.65. The van der Waals surface area contributed by atoms with Crippen LogP contribution in [0.15, 0.2) is 18.2 Å². The van der Waals surface area contributed by atoms with E-state index in [0.717, 1.165) is 11.3 Å². The fourth-order valence-electron chi connectivity index (χ4n) is 1.76. The van der Waals surface area contributed by atoms with E-state index in [9.17, 15) is 4.39 Å². The highest BCUT2D eigenvalue weighted by atomic mass is 79.9. The number of alkyl halides is 1. The van der Waals surface area contributed by atoms with Crippen molar-refractivity contribution in [1.29, 1.82) is 5.26 Å². The van der Waals surface area contributed by atoms with E-state index in [4.69, 9.17) is 10.00 Å². The van der Waals surface area contributed by atoms with Crippen molar-refractivity contribution in [2.75, 3.05) is 0 Å². The lowest BCUT2D eigenvalue weighted by molar-refractivity contribution is 0.422. The Kier molecular flexibility index (Phi) is 3.86. The minimum atomic E-state index is -0.598. The first kappa shape index (κ1) is 13.6. The van der Waals surface area contributed by atoms with Crippen LogP contribution in [-0.2, 0) is 12.4 Å². The van der Waals surface area contributed by atoms with E-state index in [1.807, 2.05) is 6.92 Å². The fourth-order valence-corrected chi connectivity index (χ4v) is 2.41. The molecule has 0 amide bonds. The Labute approximate surface area is 118 Å². The monoisotopic (exact) mass is 323 g/mol. The Morgan fingerprint density at radius 1 is 1.53 bits per heavy atom. The van der Waals surface area contributed by atoms with Crippen molar-refractivity contribution in [3.05, 3.63) is 40.8 Å². The van der Waals surface area contributed by atoms with Crippen LogP contribution in [0.4, 0.5) is 4.39 Å². The summed E-state index contributed by atoms with van der Waals surface area (Å²) in [6.45, 7) is 1.86. The SMILES string of the molecule is Cc1nn(C)c(Oc2cccc(F)c2C#N)c1CBr. The summed E-state index contributed by atoms with van der Waals surface area (Å²) in [6.07, 6.45) is 0. The lowest BCUT2D eigenvalue weighted by Gasteiger charge is -2.09. The molecule has 0 unspecified atom stereocenters. The maximum Gasteiger partial charge on any atom is 0.221 e. The molecule has 0 radical (unpaired) electrons. The van der Waals surface area contributed by atoms with Crippen molar-refractivity contribution in [3.8, 4) is 17.7 Å². The van der Waals surface area contributed by atoms with Crippen LogP contribution in [0.1, 0.15) is 16.8 Å². The number of ether oxygens (including phenoxy) is 1. The smallest absolute Gasteiger partial charge is 0.221 e. The van der Waals surface area contributed by atoms with Crippen LogP contribution < -0.4 is 4.74 Å². The minimum absolute atomic E-state index is 0.109. The summed E-state index contributed by atoms with van der Waals surface area (Å²) >= 11 is 3.36. The summed E-state index contributed by atoms with van der Waals surface area (Å²) in [7, 11) is 1.74. The van der Waals surface area contributed by atoms with Crippen molar-refractivity contribution in [2.45, 2.75) is 12.3 Å². The van der Waals surface area contributed by atoms with E-state index in [1.54, 1.807) is 23.9 Å². The highest BCUT2D eigenvalue weighted by Gasteiger charge is 2.17. The molecule has 0 fully saturated rings. The number of halogens is 2. The van der Waals surface area contributed by atoms with Gasteiger partial charge in [-0.25, -0.2) is 9.07 Å². The Balaban J connectivity index is 2.48. The van der Waals surface area contributed by atoms with E-state index in [2.05, 4.69) is 21.0 Å². The van der Waals surface area contributed by atoms with Crippen molar-refractivity contribution >= 4 is 15.9 Å². The molecule has 0 spiro atoms. The second kappa shape index (κ2) is 5.41. The molecule has 0 saturated carbocycles. The minimum Gasteiger partial charge on any atom is -0.437 e. The first-order valence-electron chi connectivity index (χ1n) is 5.53. The van der Waals surface area contributed by atoms with Gasteiger partial charge >= 0.3 is 0 Å². The summed E-state index contributed by atoms with van der Waals surface area (Å²) in [6, 6.07) is 6.09. The summed E-state index contributed by atoms with van der Waals surface area (Å²) in [4.78, 5) is 0. The third kappa shape index (κ3) is 2.47. The third-order valence-electron chi connectivity index (χ3n) is 2.72. The fraction of sp³-hybridized carbons (Fsp3) is 0.231. The zero-order valence-electron chi connectivity index (χ0n) is 10.4. The van der Waals surface area contributed by atoms with Gasteiger partial charge in [0, 0.05) is 17.9 Å². The summed E-state index contributed by atoms with van der Waals surface area (Å²) in [5, 5.41) is 13.8. The number of aromatic nitrogens is 2. The molecule has 1 heterocycles. The first-order chi connectivity index (χ1) is 9.08. The van der Waals surface area contributed by atoms with Crippen LogP contribution in [0, 0.1) is 24.1 Å². The van der Waals surface area contributed by atoms with E-state index < -0.39 is 5.82 Å². The van der Waals surface area contributed by atoms with Gasteiger partial charge in [-0.15, -0.1) is 0 Å². The molecular formula is C13H11BrFN3O. The molecule has 0 aliphatic heterocycles. The number of hydrogen-bond donors (Lipinski definition) is 0. The molecule has 2 rings (SSSR count). The lowest BCUT2D eigenvalue weighted by atomic mass is 10.2. The van der Waals surface area contributed by atoms with Crippen LogP contribution >= 0.6 is 15.9 Å². The standard InChI is InChI=1S/C13H11BrFN3O/c1-8-9(6-14)13(18(2)17-8)19-12-5-3-4-11(15)10(12)7-16/h3-5H,6H2,1-2H3. The van der Waals surface area contributed by atoms with E-state index >= 15 is 0 Å². The van der Waals surface area contributed by atoms with Gasteiger partial charge in [0.15, 0.2) is 0 Å². The predicted molar refractivity (Wildman–Crippen MR) is 71.8 cm³/mol. The van der Waals surface area contributed by atoms with Crippen molar-refractivity contribution in [2.24, 2.45) is 7.05 Å². The molecule has 98 valence electrons. The van der Waals surface area contributed by atoms with E-state index in [-0.39, 0.29) is 11.3 Å². The summed E-state index contributed by atoms with van der Waals surface area (Å²) < 4.78 is 20.7. The maximum absolute atomic E-state index is 13.5. The molecule has 0 aliphatic carbocycles. The van der Waals surface area contributed by atoms with Gasteiger partial charge in [-0.3, -0.25) is 0 Å². The van der Waals surface area contributed by atoms with Crippen LogP contribution in [0.5, 0.6) is 11.6 Å². The largest absolute Gasteiger partial charge is 0.437 e.